The van der Waals surface area contributed by atoms with Crippen molar-refractivity contribution < 1.29 is 24.2 Å². The summed E-state index contributed by atoms with van der Waals surface area (Å²) in [5.41, 5.74) is 0. The molecular weight excluding hydrogens is 212 g/mol. The van der Waals surface area contributed by atoms with Crippen molar-refractivity contribution in [3.63, 3.8) is 0 Å². The minimum atomic E-state index is -1.22. The molecule has 0 saturated carbocycles. The standard InChI is InChI=1S/C11H14O5/c1-3-8(2)16-11(15)7-5-9(12)4-6-10(13)14/h4-8H,3H2,1-2H3,(H,13,14). The fourth-order valence-electron chi connectivity index (χ4n) is 0.680. The first-order valence-electron chi connectivity index (χ1n) is 4.79. The molecule has 1 atom stereocenters. The number of carbonyl (C=O) groups is 3. The van der Waals surface area contributed by atoms with Crippen LogP contribution in [0.5, 0.6) is 0 Å². The Hall–Kier alpha value is -1.91. The quantitative estimate of drug-likeness (QED) is 0.541. The lowest BCUT2D eigenvalue weighted by Gasteiger charge is -2.07. The summed E-state index contributed by atoms with van der Waals surface area (Å²) in [6, 6.07) is 0. The van der Waals surface area contributed by atoms with Gasteiger partial charge in [0.05, 0.1) is 6.10 Å². The van der Waals surface area contributed by atoms with Crippen LogP contribution in [-0.2, 0) is 19.1 Å². The fraction of sp³-hybridized carbons (Fsp3) is 0.364. The molecule has 0 saturated heterocycles. The van der Waals surface area contributed by atoms with Crippen molar-refractivity contribution in [1.82, 2.24) is 0 Å². The van der Waals surface area contributed by atoms with Crippen molar-refractivity contribution >= 4 is 17.7 Å². The van der Waals surface area contributed by atoms with Crippen molar-refractivity contribution in [2.45, 2.75) is 26.4 Å². The highest BCUT2D eigenvalue weighted by atomic mass is 16.5. The number of hydrogen-bond acceptors (Lipinski definition) is 4. The first-order chi connectivity index (χ1) is 7.45. The summed E-state index contributed by atoms with van der Waals surface area (Å²) in [6.07, 6.45) is 3.97. The molecule has 0 aromatic rings. The average molecular weight is 226 g/mol. The Morgan fingerprint density at radius 1 is 1.19 bits per heavy atom. The molecule has 5 heteroatoms. The van der Waals surface area contributed by atoms with Crippen LogP contribution in [0.15, 0.2) is 24.3 Å². The normalized spacial score (nSPS) is 12.9. The Morgan fingerprint density at radius 3 is 2.25 bits per heavy atom. The van der Waals surface area contributed by atoms with E-state index in [1.54, 1.807) is 6.92 Å². The Kier molecular flexibility index (Phi) is 6.51. The molecule has 1 unspecified atom stereocenters. The highest BCUT2D eigenvalue weighted by molar-refractivity contribution is 6.04. The largest absolute Gasteiger partial charge is 0.478 e. The van der Waals surface area contributed by atoms with E-state index < -0.39 is 17.7 Å². The molecule has 1 N–H and O–H groups in total. The predicted octanol–water partition coefficient (Wildman–Crippen LogP) is 1.09. The van der Waals surface area contributed by atoms with Crippen LogP contribution in [0.4, 0.5) is 0 Å². The second-order valence-electron chi connectivity index (χ2n) is 3.06. The lowest BCUT2D eigenvalue weighted by Crippen LogP contribution is -2.11. The molecule has 0 radical (unpaired) electrons. The van der Waals surface area contributed by atoms with Gasteiger partial charge in [0.25, 0.3) is 0 Å². The summed E-state index contributed by atoms with van der Waals surface area (Å²) < 4.78 is 4.86. The van der Waals surface area contributed by atoms with E-state index in [0.717, 1.165) is 18.2 Å². The maximum absolute atomic E-state index is 11.1. The summed E-state index contributed by atoms with van der Waals surface area (Å²) in [5, 5.41) is 8.24. The van der Waals surface area contributed by atoms with E-state index >= 15 is 0 Å². The van der Waals surface area contributed by atoms with Crippen LogP contribution < -0.4 is 0 Å². The maximum atomic E-state index is 11.1. The van der Waals surface area contributed by atoms with Crippen molar-refractivity contribution in [2.24, 2.45) is 0 Å². The lowest BCUT2D eigenvalue weighted by molar-refractivity contribution is -0.142. The number of carbonyl (C=O) groups excluding carboxylic acids is 2. The molecule has 0 bridgehead atoms. The number of carboxylic acid groups (broad SMARTS) is 1. The van der Waals surface area contributed by atoms with Gasteiger partial charge in [-0.2, -0.15) is 0 Å². The van der Waals surface area contributed by atoms with Gasteiger partial charge in [-0.15, -0.1) is 0 Å². The number of rotatable bonds is 6. The third-order valence-corrected chi connectivity index (χ3v) is 1.67. The third-order valence-electron chi connectivity index (χ3n) is 1.67. The van der Waals surface area contributed by atoms with Gasteiger partial charge in [0.1, 0.15) is 0 Å². The van der Waals surface area contributed by atoms with Gasteiger partial charge < -0.3 is 9.84 Å². The Labute approximate surface area is 93.4 Å². The highest BCUT2D eigenvalue weighted by Crippen LogP contribution is 1.97. The number of esters is 1. The first-order valence-corrected chi connectivity index (χ1v) is 4.79. The molecule has 0 heterocycles. The van der Waals surface area contributed by atoms with Gasteiger partial charge in [0.2, 0.25) is 0 Å². The van der Waals surface area contributed by atoms with E-state index in [0.29, 0.717) is 12.5 Å². The van der Waals surface area contributed by atoms with Gasteiger partial charge in [0, 0.05) is 12.2 Å². The number of ether oxygens (including phenoxy) is 1. The second kappa shape index (κ2) is 7.39. The molecule has 0 aliphatic carbocycles. The van der Waals surface area contributed by atoms with Crippen LogP contribution in [0.3, 0.4) is 0 Å². The van der Waals surface area contributed by atoms with Crippen LogP contribution in [0, 0.1) is 0 Å². The Balaban J connectivity index is 4.13. The van der Waals surface area contributed by atoms with E-state index in [1.807, 2.05) is 6.92 Å². The van der Waals surface area contributed by atoms with Gasteiger partial charge in [-0.25, -0.2) is 9.59 Å². The van der Waals surface area contributed by atoms with Crippen LogP contribution in [0.1, 0.15) is 20.3 Å². The molecule has 5 nitrogen and oxygen atoms in total. The molecule has 0 fully saturated rings. The Bertz CT molecular complexity index is 327. The number of allylic oxidation sites excluding steroid dienone is 2. The van der Waals surface area contributed by atoms with Crippen molar-refractivity contribution in [2.75, 3.05) is 0 Å². The van der Waals surface area contributed by atoms with Crippen LogP contribution >= 0.6 is 0 Å². The first kappa shape index (κ1) is 14.1. The van der Waals surface area contributed by atoms with E-state index in [4.69, 9.17) is 9.84 Å². The maximum Gasteiger partial charge on any atom is 0.331 e. The van der Waals surface area contributed by atoms with Crippen molar-refractivity contribution in [3.05, 3.63) is 24.3 Å². The molecular formula is C11H14O5. The van der Waals surface area contributed by atoms with Crippen LogP contribution in [-0.4, -0.2) is 28.9 Å². The fourth-order valence-corrected chi connectivity index (χ4v) is 0.680. The Morgan fingerprint density at radius 2 is 1.75 bits per heavy atom. The van der Waals surface area contributed by atoms with E-state index in [-0.39, 0.29) is 6.10 Å². The minimum Gasteiger partial charge on any atom is -0.478 e. The van der Waals surface area contributed by atoms with Gasteiger partial charge in [0.15, 0.2) is 5.78 Å². The molecule has 0 aliphatic heterocycles. The zero-order valence-electron chi connectivity index (χ0n) is 9.17. The number of carboxylic acids is 1. The monoisotopic (exact) mass is 226 g/mol. The molecule has 0 amide bonds. The van der Waals surface area contributed by atoms with Gasteiger partial charge in [-0.3, -0.25) is 4.79 Å². The number of hydrogen-bond donors (Lipinski definition) is 1. The van der Waals surface area contributed by atoms with Crippen LogP contribution in [0.25, 0.3) is 0 Å². The summed E-state index contributed by atoms with van der Waals surface area (Å²) in [6.45, 7) is 3.60. The SMILES string of the molecule is CCC(C)OC(=O)C=CC(=O)C=CC(=O)O. The number of aliphatic carboxylic acids is 1. The summed E-state index contributed by atoms with van der Waals surface area (Å²) >= 11 is 0. The summed E-state index contributed by atoms with van der Waals surface area (Å²) in [7, 11) is 0. The van der Waals surface area contributed by atoms with Crippen molar-refractivity contribution in [1.29, 1.82) is 0 Å². The molecule has 0 aliphatic rings. The molecule has 16 heavy (non-hydrogen) atoms. The summed E-state index contributed by atoms with van der Waals surface area (Å²) in [4.78, 5) is 32.1. The predicted molar refractivity (Wildman–Crippen MR) is 56.8 cm³/mol. The molecule has 0 spiro atoms. The van der Waals surface area contributed by atoms with E-state index in [1.165, 1.54) is 0 Å². The third kappa shape index (κ3) is 7.49. The van der Waals surface area contributed by atoms with Gasteiger partial charge in [-0.05, 0) is 25.5 Å². The zero-order chi connectivity index (χ0) is 12.6. The molecule has 88 valence electrons. The topological polar surface area (TPSA) is 80.7 Å². The van der Waals surface area contributed by atoms with Crippen molar-refractivity contribution in [3.8, 4) is 0 Å². The minimum absolute atomic E-state index is 0.207. The highest BCUT2D eigenvalue weighted by Gasteiger charge is 2.03. The van der Waals surface area contributed by atoms with E-state index in [9.17, 15) is 14.4 Å². The molecule has 0 rings (SSSR count). The second-order valence-corrected chi connectivity index (χ2v) is 3.06. The van der Waals surface area contributed by atoms with Gasteiger partial charge in [-0.1, -0.05) is 6.92 Å². The smallest absolute Gasteiger partial charge is 0.331 e. The summed E-state index contributed by atoms with van der Waals surface area (Å²) in [5.74, 6) is -2.42. The zero-order valence-corrected chi connectivity index (χ0v) is 9.17. The average Bonchev–Trinajstić information content (AvgIpc) is 2.23. The lowest BCUT2D eigenvalue weighted by atomic mass is 10.3. The van der Waals surface area contributed by atoms with Crippen LogP contribution in [0.2, 0.25) is 0 Å². The van der Waals surface area contributed by atoms with E-state index in [2.05, 4.69) is 0 Å². The number of ketones is 1. The van der Waals surface area contributed by atoms with Gasteiger partial charge >= 0.3 is 11.9 Å². The molecule has 0 aromatic carbocycles. The molecule has 0 aromatic heterocycles.